The van der Waals surface area contributed by atoms with Gasteiger partial charge in [-0.05, 0) is 36.6 Å². The van der Waals surface area contributed by atoms with Gasteiger partial charge >= 0.3 is 0 Å². The van der Waals surface area contributed by atoms with E-state index in [2.05, 4.69) is 11.9 Å². The number of hydrogen-bond donors (Lipinski definition) is 0. The summed E-state index contributed by atoms with van der Waals surface area (Å²) < 4.78 is 32.1. The minimum Gasteiger partial charge on any atom is -0.464 e. The van der Waals surface area contributed by atoms with Gasteiger partial charge in [0.15, 0.2) is 5.15 Å². The predicted octanol–water partition coefficient (Wildman–Crippen LogP) is 3.93. The highest BCUT2D eigenvalue weighted by molar-refractivity contribution is 7.89. The Morgan fingerprint density at radius 1 is 1.30 bits per heavy atom. The standard InChI is InChI=1S/C15H16Cl2N2O3S/c1-9-7-11(9)12-4-3-10(22-12)8-19(2)23(20,21)13-5-6-14(16)18-15(13)17/h3-6,9,11H,7-8H2,1-2H3/t9-,11-/m0/s1. The highest BCUT2D eigenvalue weighted by Gasteiger charge is 2.36. The molecule has 5 nitrogen and oxygen atoms in total. The third kappa shape index (κ3) is 3.40. The first-order valence-corrected chi connectivity index (χ1v) is 9.35. The second-order valence-electron chi connectivity index (χ2n) is 5.81. The number of nitrogens with zero attached hydrogens (tertiary/aromatic N) is 2. The second kappa shape index (κ2) is 6.09. The quantitative estimate of drug-likeness (QED) is 0.743. The highest BCUT2D eigenvalue weighted by atomic mass is 35.5. The molecule has 3 rings (SSSR count). The lowest BCUT2D eigenvalue weighted by atomic mass is 10.3. The largest absolute Gasteiger partial charge is 0.464 e. The Kier molecular flexibility index (Phi) is 4.44. The van der Waals surface area contributed by atoms with E-state index in [1.807, 2.05) is 12.1 Å². The van der Waals surface area contributed by atoms with Crippen LogP contribution >= 0.6 is 23.2 Å². The van der Waals surface area contributed by atoms with Crippen LogP contribution in [-0.4, -0.2) is 24.8 Å². The summed E-state index contributed by atoms with van der Waals surface area (Å²) in [6, 6.07) is 6.48. The van der Waals surface area contributed by atoms with Crippen molar-refractivity contribution in [2.45, 2.75) is 30.7 Å². The Balaban J connectivity index is 1.78. The van der Waals surface area contributed by atoms with Crippen LogP contribution < -0.4 is 0 Å². The predicted molar refractivity (Wildman–Crippen MR) is 88.1 cm³/mol. The van der Waals surface area contributed by atoms with Crippen LogP contribution in [0.25, 0.3) is 0 Å². The Hall–Kier alpha value is -1.08. The van der Waals surface area contributed by atoms with Crippen LogP contribution in [0.1, 0.15) is 30.8 Å². The van der Waals surface area contributed by atoms with Gasteiger partial charge < -0.3 is 4.42 Å². The Labute approximate surface area is 145 Å². The van der Waals surface area contributed by atoms with Crippen molar-refractivity contribution in [3.63, 3.8) is 0 Å². The van der Waals surface area contributed by atoms with Crippen molar-refractivity contribution < 1.29 is 12.8 Å². The van der Waals surface area contributed by atoms with Gasteiger partial charge in [0.1, 0.15) is 21.6 Å². The molecule has 1 aliphatic rings. The Morgan fingerprint density at radius 2 is 2.00 bits per heavy atom. The van der Waals surface area contributed by atoms with Crippen LogP contribution in [0.4, 0.5) is 0 Å². The van der Waals surface area contributed by atoms with Crippen molar-refractivity contribution in [1.29, 1.82) is 0 Å². The molecule has 1 fully saturated rings. The number of pyridine rings is 1. The molecule has 0 N–H and O–H groups in total. The van der Waals surface area contributed by atoms with Crippen LogP contribution in [0.5, 0.6) is 0 Å². The number of furan rings is 1. The first kappa shape index (κ1) is 16.8. The maximum Gasteiger partial charge on any atom is 0.246 e. The molecule has 0 radical (unpaired) electrons. The van der Waals surface area contributed by atoms with Crippen molar-refractivity contribution in [3.8, 4) is 0 Å². The molecule has 1 saturated carbocycles. The molecule has 0 bridgehead atoms. The van der Waals surface area contributed by atoms with E-state index in [9.17, 15) is 8.42 Å². The van der Waals surface area contributed by atoms with E-state index < -0.39 is 10.0 Å². The summed E-state index contributed by atoms with van der Waals surface area (Å²) in [5, 5.41) is 0.00196. The van der Waals surface area contributed by atoms with E-state index in [1.165, 1.54) is 23.5 Å². The lowest BCUT2D eigenvalue weighted by Crippen LogP contribution is -2.26. The molecule has 1 aliphatic carbocycles. The van der Waals surface area contributed by atoms with Crippen LogP contribution in [0, 0.1) is 5.92 Å². The topological polar surface area (TPSA) is 63.4 Å². The maximum absolute atomic E-state index is 12.6. The van der Waals surface area contributed by atoms with Gasteiger partial charge in [0.25, 0.3) is 0 Å². The van der Waals surface area contributed by atoms with Gasteiger partial charge in [-0.3, -0.25) is 0 Å². The first-order chi connectivity index (χ1) is 10.8. The maximum atomic E-state index is 12.6. The van der Waals surface area contributed by atoms with Crippen molar-refractivity contribution in [2.24, 2.45) is 5.92 Å². The second-order valence-corrected chi connectivity index (χ2v) is 8.57. The van der Waals surface area contributed by atoms with Gasteiger partial charge in [-0.2, -0.15) is 4.31 Å². The zero-order chi connectivity index (χ0) is 16.8. The summed E-state index contributed by atoms with van der Waals surface area (Å²) in [5.74, 6) is 2.61. The molecule has 0 saturated heterocycles. The Bertz CT molecular complexity index is 835. The molecule has 124 valence electrons. The average molecular weight is 375 g/mol. The molecular weight excluding hydrogens is 359 g/mol. The molecule has 2 aromatic heterocycles. The smallest absolute Gasteiger partial charge is 0.246 e. The third-order valence-corrected chi connectivity index (χ3v) is 6.45. The van der Waals surface area contributed by atoms with Gasteiger partial charge in [0, 0.05) is 13.0 Å². The lowest BCUT2D eigenvalue weighted by Gasteiger charge is -2.16. The van der Waals surface area contributed by atoms with Crippen molar-refractivity contribution in [2.75, 3.05) is 7.05 Å². The number of halogens is 2. The fraction of sp³-hybridized carbons (Fsp3) is 0.400. The van der Waals surface area contributed by atoms with Gasteiger partial charge in [-0.25, -0.2) is 13.4 Å². The van der Waals surface area contributed by atoms with E-state index >= 15 is 0 Å². The number of rotatable bonds is 5. The van der Waals surface area contributed by atoms with E-state index in [4.69, 9.17) is 27.6 Å². The van der Waals surface area contributed by atoms with Gasteiger partial charge in [-0.15, -0.1) is 0 Å². The van der Waals surface area contributed by atoms with E-state index in [0.717, 1.165) is 12.2 Å². The summed E-state index contributed by atoms with van der Waals surface area (Å²) in [6.45, 7) is 2.29. The number of aromatic nitrogens is 1. The summed E-state index contributed by atoms with van der Waals surface area (Å²) in [7, 11) is -2.30. The van der Waals surface area contributed by atoms with Crippen molar-refractivity contribution in [1.82, 2.24) is 9.29 Å². The number of sulfonamides is 1. The monoisotopic (exact) mass is 374 g/mol. The average Bonchev–Trinajstić information content (AvgIpc) is 3.01. The fourth-order valence-corrected chi connectivity index (χ4v) is 4.23. The molecule has 0 aromatic carbocycles. The summed E-state index contributed by atoms with van der Waals surface area (Å²) in [5.41, 5.74) is 0. The SMILES string of the molecule is C[C@H]1C[C@@H]1c1ccc(CN(C)S(=O)(=O)c2ccc(Cl)nc2Cl)o1. The minimum atomic E-state index is -3.77. The minimum absolute atomic E-state index is 0.0753. The van der Waals surface area contributed by atoms with E-state index in [-0.39, 0.29) is 21.7 Å². The first-order valence-electron chi connectivity index (χ1n) is 7.16. The molecule has 2 aromatic rings. The van der Waals surface area contributed by atoms with E-state index in [1.54, 1.807) is 0 Å². The molecule has 8 heteroatoms. The zero-order valence-corrected chi connectivity index (χ0v) is 15.0. The molecule has 0 spiro atoms. The lowest BCUT2D eigenvalue weighted by molar-refractivity contribution is 0.389. The summed E-state index contributed by atoms with van der Waals surface area (Å²) in [6.07, 6.45) is 1.12. The molecule has 0 aliphatic heterocycles. The van der Waals surface area contributed by atoms with Gasteiger partial charge in [0.2, 0.25) is 10.0 Å². The zero-order valence-electron chi connectivity index (χ0n) is 12.7. The molecular formula is C15H16Cl2N2O3S. The van der Waals surface area contributed by atoms with Gasteiger partial charge in [0.05, 0.1) is 6.54 Å². The molecule has 2 atom stereocenters. The highest BCUT2D eigenvalue weighted by Crippen LogP contribution is 2.47. The Morgan fingerprint density at radius 3 is 2.61 bits per heavy atom. The molecule has 0 amide bonds. The molecule has 2 heterocycles. The summed E-state index contributed by atoms with van der Waals surface area (Å²) in [4.78, 5) is 3.70. The van der Waals surface area contributed by atoms with Crippen LogP contribution in [0.3, 0.4) is 0 Å². The fourth-order valence-electron chi connectivity index (χ4n) is 2.46. The van der Waals surface area contributed by atoms with Crippen LogP contribution in [0.2, 0.25) is 10.3 Å². The van der Waals surface area contributed by atoms with Gasteiger partial charge in [-0.1, -0.05) is 30.1 Å². The normalized spacial score (nSPS) is 20.9. The third-order valence-electron chi connectivity index (χ3n) is 4.00. The molecule has 23 heavy (non-hydrogen) atoms. The summed E-state index contributed by atoms with van der Waals surface area (Å²) >= 11 is 11.6. The van der Waals surface area contributed by atoms with Crippen LogP contribution in [0.15, 0.2) is 33.6 Å². The van der Waals surface area contributed by atoms with Crippen LogP contribution in [-0.2, 0) is 16.6 Å². The number of hydrogen-bond acceptors (Lipinski definition) is 4. The van der Waals surface area contributed by atoms with Crippen molar-refractivity contribution >= 4 is 33.2 Å². The van der Waals surface area contributed by atoms with E-state index in [0.29, 0.717) is 17.6 Å². The van der Waals surface area contributed by atoms with Crippen molar-refractivity contribution in [3.05, 3.63) is 46.1 Å². The molecule has 0 unspecified atom stereocenters.